The highest BCUT2D eigenvalue weighted by molar-refractivity contribution is 7.89. The molecule has 0 amide bonds. The van der Waals surface area contributed by atoms with E-state index in [1.54, 1.807) is 37.6 Å². The molecular weight excluding hydrogens is 392 g/mol. The molecule has 2 aromatic rings. The van der Waals surface area contributed by atoms with E-state index >= 15 is 0 Å². The number of guanidine groups is 1. The zero-order valence-corrected chi connectivity index (χ0v) is 17.4. The predicted octanol–water partition coefficient (Wildman–Crippen LogP) is 1.64. The molecule has 158 valence electrons. The van der Waals surface area contributed by atoms with Crippen LogP contribution in [0.2, 0.25) is 0 Å². The van der Waals surface area contributed by atoms with E-state index in [1.807, 2.05) is 12.1 Å². The van der Waals surface area contributed by atoms with Gasteiger partial charge in [0.1, 0.15) is 5.76 Å². The summed E-state index contributed by atoms with van der Waals surface area (Å²) in [5, 5.41) is 6.43. The van der Waals surface area contributed by atoms with Gasteiger partial charge in [-0.25, -0.2) is 13.1 Å². The molecule has 1 aliphatic rings. The van der Waals surface area contributed by atoms with Gasteiger partial charge in [0, 0.05) is 39.7 Å². The highest BCUT2D eigenvalue weighted by Crippen LogP contribution is 2.14. The SMILES string of the molecule is CN=C(NCCc1ccco1)NCc1ccc(S(=O)(=O)NCC2CCCO2)cc1. The number of sulfonamides is 1. The molecule has 0 aliphatic carbocycles. The third kappa shape index (κ3) is 6.59. The average Bonchev–Trinajstić information content (AvgIpc) is 3.43. The molecule has 0 spiro atoms. The van der Waals surface area contributed by atoms with Crippen LogP contribution in [0, 0.1) is 0 Å². The molecule has 1 fully saturated rings. The van der Waals surface area contributed by atoms with Crippen LogP contribution < -0.4 is 15.4 Å². The van der Waals surface area contributed by atoms with Crippen molar-refractivity contribution in [1.29, 1.82) is 0 Å². The van der Waals surface area contributed by atoms with Crippen molar-refractivity contribution in [3.05, 3.63) is 54.0 Å². The minimum absolute atomic E-state index is 0.0275. The fourth-order valence-electron chi connectivity index (χ4n) is 3.04. The zero-order chi connectivity index (χ0) is 20.5. The van der Waals surface area contributed by atoms with Crippen molar-refractivity contribution < 1.29 is 17.6 Å². The maximum absolute atomic E-state index is 12.4. The Bertz CT molecular complexity index is 874. The van der Waals surface area contributed by atoms with Gasteiger partial charge < -0.3 is 19.8 Å². The van der Waals surface area contributed by atoms with Gasteiger partial charge in [-0.2, -0.15) is 0 Å². The fourth-order valence-corrected chi connectivity index (χ4v) is 4.11. The summed E-state index contributed by atoms with van der Waals surface area (Å²) in [5.74, 6) is 1.59. The first-order chi connectivity index (χ1) is 14.1. The van der Waals surface area contributed by atoms with Gasteiger partial charge in [0.2, 0.25) is 10.0 Å². The summed E-state index contributed by atoms with van der Waals surface area (Å²) in [6.07, 6.45) is 4.27. The lowest BCUT2D eigenvalue weighted by Crippen LogP contribution is -2.37. The van der Waals surface area contributed by atoms with Crippen LogP contribution in [0.3, 0.4) is 0 Å². The van der Waals surface area contributed by atoms with Crippen LogP contribution in [0.15, 0.2) is 57.0 Å². The Morgan fingerprint density at radius 3 is 2.69 bits per heavy atom. The molecule has 1 atom stereocenters. The zero-order valence-electron chi connectivity index (χ0n) is 16.6. The maximum atomic E-state index is 12.4. The molecule has 29 heavy (non-hydrogen) atoms. The van der Waals surface area contributed by atoms with E-state index in [0.29, 0.717) is 32.2 Å². The van der Waals surface area contributed by atoms with Gasteiger partial charge in [0.15, 0.2) is 5.96 Å². The number of hydrogen-bond acceptors (Lipinski definition) is 5. The van der Waals surface area contributed by atoms with Gasteiger partial charge in [-0.3, -0.25) is 4.99 Å². The smallest absolute Gasteiger partial charge is 0.240 e. The van der Waals surface area contributed by atoms with Crippen molar-refractivity contribution in [2.24, 2.45) is 4.99 Å². The van der Waals surface area contributed by atoms with E-state index in [2.05, 4.69) is 20.3 Å². The molecule has 9 heteroatoms. The lowest BCUT2D eigenvalue weighted by Gasteiger charge is -2.13. The van der Waals surface area contributed by atoms with Crippen molar-refractivity contribution >= 4 is 16.0 Å². The molecular formula is C20H28N4O4S. The van der Waals surface area contributed by atoms with Gasteiger partial charge >= 0.3 is 0 Å². The second-order valence-corrected chi connectivity index (χ2v) is 8.58. The topological polar surface area (TPSA) is 105 Å². The highest BCUT2D eigenvalue weighted by atomic mass is 32.2. The Kier molecular flexibility index (Phi) is 7.68. The van der Waals surface area contributed by atoms with Crippen LogP contribution in [0.4, 0.5) is 0 Å². The average molecular weight is 421 g/mol. The third-order valence-electron chi connectivity index (χ3n) is 4.69. The molecule has 2 heterocycles. The third-order valence-corrected chi connectivity index (χ3v) is 6.13. The van der Waals surface area contributed by atoms with Gasteiger partial charge in [-0.05, 0) is 42.7 Å². The first-order valence-electron chi connectivity index (χ1n) is 9.74. The van der Waals surface area contributed by atoms with Crippen LogP contribution in [0.1, 0.15) is 24.2 Å². The number of hydrogen-bond donors (Lipinski definition) is 3. The summed E-state index contributed by atoms with van der Waals surface area (Å²) in [5.41, 5.74) is 0.956. The van der Waals surface area contributed by atoms with E-state index in [9.17, 15) is 8.42 Å². The van der Waals surface area contributed by atoms with Gasteiger partial charge in [-0.15, -0.1) is 0 Å². The number of nitrogens with one attached hydrogen (secondary N) is 3. The van der Waals surface area contributed by atoms with Crippen molar-refractivity contribution in [1.82, 2.24) is 15.4 Å². The molecule has 3 N–H and O–H groups in total. The lowest BCUT2D eigenvalue weighted by molar-refractivity contribution is 0.114. The predicted molar refractivity (Wildman–Crippen MR) is 111 cm³/mol. The van der Waals surface area contributed by atoms with Crippen LogP contribution >= 0.6 is 0 Å². The standard InChI is InChI=1S/C20H28N4O4S/c1-21-20(22-11-10-17-4-2-12-27-17)23-14-16-6-8-19(9-7-16)29(25,26)24-15-18-5-3-13-28-18/h2,4,6-9,12,18,24H,3,5,10-11,13-15H2,1H3,(H2,21,22,23). The van der Waals surface area contributed by atoms with Crippen LogP contribution in [-0.2, 0) is 27.7 Å². The number of nitrogens with zero attached hydrogens (tertiary/aromatic N) is 1. The van der Waals surface area contributed by atoms with E-state index in [0.717, 1.165) is 30.6 Å². The largest absolute Gasteiger partial charge is 0.469 e. The highest BCUT2D eigenvalue weighted by Gasteiger charge is 2.20. The Labute approximate surface area is 171 Å². The minimum atomic E-state index is -3.53. The molecule has 3 rings (SSSR count). The van der Waals surface area contributed by atoms with E-state index in [1.165, 1.54) is 0 Å². The van der Waals surface area contributed by atoms with Crippen molar-refractivity contribution in [3.8, 4) is 0 Å². The first kappa shape index (κ1) is 21.4. The summed E-state index contributed by atoms with van der Waals surface area (Å²) in [6.45, 7) is 2.24. The number of benzene rings is 1. The second kappa shape index (κ2) is 10.4. The molecule has 0 saturated carbocycles. The molecule has 1 saturated heterocycles. The van der Waals surface area contributed by atoms with E-state index in [-0.39, 0.29) is 11.0 Å². The molecule has 8 nitrogen and oxygen atoms in total. The van der Waals surface area contributed by atoms with Gasteiger partial charge in [0.05, 0.1) is 17.3 Å². The summed E-state index contributed by atoms with van der Waals surface area (Å²) < 4.78 is 38.2. The summed E-state index contributed by atoms with van der Waals surface area (Å²) >= 11 is 0. The first-order valence-corrected chi connectivity index (χ1v) is 11.2. The van der Waals surface area contributed by atoms with Gasteiger partial charge in [-0.1, -0.05) is 12.1 Å². The minimum Gasteiger partial charge on any atom is -0.469 e. The van der Waals surface area contributed by atoms with E-state index < -0.39 is 10.0 Å². The van der Waals surface area contributed by atoms with E-state index in [4.69, 9.17) is 9.15 Å². The molecule has 0 bridgehead atoms. The number of furan rings is 1. The number of rotatable bonds is 9. The maximum Gasteiger partial charge on any atom is 0.240 e. The van der Waals surface area contributed by atoms with Crippen LogP contribution in [0.25, 0.3) is 0 Å². The van der Waals surface area contributed by atoms with Crippen LogP contribution in [-0.4, -0.2) is 47.2 Å². The normalized spacial score (nSPS) is 17.4. The number of ether oxygens (including phenoxy) is 1. The molecule has 1 aromatic heterocycles. The fraction of sp³-hybridized carbons (Fsp3) is 0.450. The second-order valence-electron chi connectivity index (χ2n) is 6.81. The summed E-state index contributed by atoms with van der Waals surface area (Å²) in [7, 11) is -1.82. The number of aliphatic imine (C=N–C) groups is 1. The molecule has 1 aromatic carbocycles. The monoisotopic (exact) mass is 420 g/mol. The Morgan fingerprint density at radius 2 is 2.03 bits per heavy atom. The molecule has 0 radical (unpaired) electrons. The summed E-state index contributed by atoms with van der Waals surface area (Å²) in [4.78, 5) is 4.44. The van der Waals surface area contributed by atoms with Crippen molar-refractivity contribution in [3.63, 3.8) is 0 Å². The molecule has 1 unspecified atom stereocenters. The Hall–Kier alpha value is -2.36. The Balaban J connectivity index is 1.45. The quantitative estimate of drug-likeness (QED) is 0.421. The summed E-state index contributed by atoms with van der Waals surface area (Å²) in [6, 6.07) is 10.6. The van der Waals surface area contributed by atoms with Gasteiger partial charge in [0.25, 0.3) is 0 Å². The van der Waals surface area contributed by atoms with Crippen molar-refractivity contribution in [2.75, 3.05) is 26.7 Å². The van der Waals surface area contributed by atoms with Crippen molar-refractivity contribution in [2.45, 2.75) is 36.8 Å². The lowest BCUT2D eigenvalue weighted by atomic mass is 10.2. The Morgan fingerprint density at radius 1 is 1.21 bits per heavy atom. The van der Waals surface area contributed by atoms with Crippen LogP contribution in [0.5, 0.6) is 0 Å². The molecule has 1 aliphatic heterocycles.